The number of carbonyl (C=O) groups is 2. The van der Waals surface area contributed by atoms with Gasteiger partial charge in [0.15, 0.2) is 13.2 Å². The number of carbonyl (C=O) groups excluding carboxylic acids is 2. The van der Waals surface area contributed by atoms with Crippen LogP contribution >= 0.6 is 12.6 Å². The average Bonchev–Trinajstić information content (AvgIpc) is 2.98. The zero-order chi connectivity index (χ0) is 35.7. The van der Waals surface area contributed by atoms with Crippen molar-refractivity contribution in [3.63, 3.8) is 0 Å². The second-order valence-corrected chi connectivity index (χ2v) is 14.7. The number of hydrogen-bond acceptors (Lipinski definition) is 9. The average molecular weight is 695 g/mol. The van der Waals surface area contributed by atoms with Gasteiger partial charge in [-0.2, -0.15) is 8.42 Å². The number of esters is 2. The van der Waals surface area contributed by atoms with Crippen LogP contribution in [-0.2, 0) is 29.2 Å². The first kappa shape index (κ1) is 38.1. The Morgan fingerprint density at radius 3 is 1.52 bits per heavy atom. The van der Waals surface area contributed by atoms with Gasteiger partial charge in [0, 0.05) is 10.5 Å². The van der Waals surface area contributed by atoms with Crippen molar-refractivity contribution in [3.8, 4) is 33.8 Å². The van der Waals surface area contributed by atoms with E-state index in [4.69, 9.17) is 36.1 Å². The third kappa shape index (κ3) is 12.7. The molecule has 0 spiro atoms. The van der Waals surface area contributed by atoms with Crippen LogP contribution in [0.3, 0.4) is 0 Å². The van der Waals surface area contributed by atoms with Crippen LogP contribution in [0, 0.1) is 6.92 Å². The lowest BCUT2D eigenvalue weighted by Gasteiger charge is -2.19. The highest BCUT2D eigenvalue weighted by molar-refractivity contribution is 7.85. The zero-order valence-electron chi connectivity index (χ0n) is 28.1. The van der Waals surface area contributed by atoms with Gasteiger partial charge in [-0.05, 0) is 108 Å². The van der Waals surface area contributed by atoms with Gasteiger partial charge in [0.1, 0.15) is 22.7 Å². The molecule has 0 aliphatic heterocycles. The number of ether oxygens (including phenoxy) is 4. The molecule has 1 N–H and O–H groups in total. The highest BCUT2D eigenvalue weighted by Crippen LogP contribution is 2.38. The standard InChI is InChI=1S/C30H34O6S.C7H8O3S/c1-29(2,3)35-26(31)18-33-22-14-10-20(11-15-22)24-8-7-9-25(37)28(24)21-12-16-23(17-13-21)34-19-27(32)36-30(4,5)6;1-6-2-4-7(5-3-6)11(8,9)10/h7-17,37H,18-19H2,1-6H3;2-5H,1H3,(H,8,9,10). The fraction of sp³-hybridized carbons (Fsp3) is 0.297. The molecule has 0 saturated carbocycles. The van der Waals surface area contributed by atoms with Crippen molar-refractivity contribution in [1.82, 2.24) is 0 Å². The van der Waals surface area contributed by atoms with Crippen molar-refractivity contribution in [2.45, 2.75) is 69.5 Å². The summed E-state index contributed by atoms with van der Waals surface area (Å²) >= 11 is 4.70. The van der Waals surface area contributed by atoms with E-state index in [2.05, 4.69) is 0 Å². The Labute approximate surface area is 288 Å². The molecule has 0 amide bonds. The Morgan fingerprint density at radius 1 is 0.667 bits per heavy atom. The van der Waals surface area contributed by atoms with Crippen LogP contribution in [0.2, 0.25) is 0 Å². The SMILES string of the molecule is CC(C)(C)OC(=O)COc1ccc(-c2cccc(S)c2-c2ccc(OCC(=O)OC(C)(C)C)cc2)cc1.Cc1ccc(S(=O)(=O)O)cc1. The van der Waals surface area contributed by atoms with Gasteiger partial charge in [-0.25, -0.2) is 9.59 Å². The summed E-state index contributed by atoms with van der Waals surface area (Å²) in [6, 6.07) is 26.9. The lowest BCUT2D eigenvalue weighted by atomic mass is 9.94. The summed E-state index contributed by atoms with van der Waals surface area (Å²) < 4.78 is 51.3. The number of aryl methyl sites for hydroxylation is 1. The zero-order valence-corrected chi connectivity index (χ0v) is 29.9. The second-order valence-electron chi connectivity index (χ2n) is 12.8. The summed E-state index contributed by atoms with van der Waals surface area (Å²) in [7, 11) is -4.02. The summed E-state index contributed by atoms with van der Waals surface area (Å²) in [5.41, 5.74) is 3.73. The van der Waals surface area contributed by atoms with Crippen LogP contribution in [0.1, 0.15) is 47.1 Å². The van der Waals surface area contributed by atoms with Crippen molar-refractivity contribution in [3.05, 3.63) is 96.6 Å². The van der Waals surface area contributed by atoms with E-state index < -0.39 is 33.3 Å². The van der Waals surface area contributed by atoms with Crippen LogP contribution in [0.5, 0.6) is 11.5 Å². The molecule has 256 valence electrons. The van der Waals surface area contributed by atoms with Gasteiger partial charge in [0.25, 0.3) is 10.1 Å². The van der Waals surface area contributed by atoms with Crippen LogP contribution in [0.25, 0.3) is 22.3 Å². The van der Waals surface area contributed by atoms with E-state index in [1.54, 1.807) is 12.1 Å². The van der Waals surface area contributed by atoms with E-state index in [9.17, 15) is 18.0 Å². The Balaban J connectivity index is 0.000000480. The van der Waals surface area contributed by atoms with Crippen molar-refractivity contribution in [1.29, 1.82) is 0 Å². The third-order valence-corrected chi connectivity index (χ3v) is 7.46. The molecule has 4 aromatic rings. The molecule has 0 atom stereocenters. The lowest BCUT2D eigenvalue weighted by molar-refractivity contribution is -0.158. The summed E-state index contributed by atoms with van der Waals surface area (Å²) in [4.78, 5) is 24.6. The molecule has 0 radical (unpaired) electrons. The van der Waals surface area contributed by atoms with Gasteiger partial charge in [0.05, 0.1) is 4.90 Å². The maximum absolute atomic E-state index is 11.9. The van der Waals surface area contributed by atoms with Crippen molar-refractivity contribution in [2.24, 2.45) is 0 Å². The number of thiol groups is 1. The van der Waals surface area contributed by atoms with E-state index in [0.29, 0.717) is 11.5 Å². The molecule has 4 rings (SSSR count). The number of rotatable bonds is 9. The van der Waals surface area contributed by atoms with Gasteiger partial charge in [-0.1, -0.05) is 54.1 Å². The second kappa shape index (κ2) is 16.2. The van der Waals surface area contributed by atoms with Gasteiger partial charge in [-0.15, -0.1) is 12.6 Å². The fourth-order valence-electron chi connectivity index (χ4n) is 4.27. The van der Waals surface area contributed by atoms with E-state index in [1.165, 1.54) is 12.1 Å². The Kier molecular flexibility index (Phi) is 12.9. The predicted molar refractivity (Wildman–Crippen MR) is 188 cm³/mol. The fourth-order valence-corrected chi connectivity index (χ4v) is 5.08. The molecule has 4 aromatic carbocycles. The Hall–Kier alpha value is -4.32. The van der Waals surface area contributed by atoms with Crippen molar-refractivity contribution in [2.75, 3.05) is 13.2 Å². The normalized spacial score (nSPS) is 11.5. The number of hydrogen-bond donors (Lipinski definition) is 2. The lowest BCUT2D eigenvalue weighted by Crippen LogP contribution is -2.27. The van der Waals surface area contributed by atoms with Crippen molar-refractivity contribution >= 4 is 34.7 Å². The molecular formula is C37H42O9S2. The topological polar surface area (TPSA) is 125 Å². The highest BCUT2D eigenvalue weighted by atomic mass is 32.2. The molecule has 0 unspecified atom stereocenters. The summed E-state index contributed by atoms with van der Waals surface area (Å²) in [5, 5.41) is 0. The monoisotopic (exact) mass is 694 g/mol. The minimum Gasteiger partial charge on any atom is -0.482 e. The summed E-state index contributed by atoms with van der Waals surface area (Å²) in [6.45, 7) is 12.4. The summed E-state index contributed by atoms with van der Waals surface area (Å²) in [5.74, 6) is 0.308. The predicted octanol–water partition coefficient (Wildman–Crippen LogP) is 7.99. The van der Waals surface area contributed by atoms with Gasteiger partial charge < -0.3 is 18.9 Å². The van der Waals surface area contributed by atoms with Crippen LogP contribution < -0.4 is 9.47 Å². The van der Waals surface area contributed by atoms with E-state index in [0.717, 1.165) is 32.7 Å². The quantitative estimate of drug-likeness (QED) is 0.102. The first-order chi connectivity index (χ1) is 22.3. The smallest absolute Gasteiger partial charge is 0.344 e. The first-order valence-electron chi connectivity index (χ1n) is 15.1. The molecule has 9 nitrogen and oxygen atoms in total. The molecule has 0 aliphatic rings. The molecule has 0 heterocycles. The minimum absolute atomic E-state index is 0.0666. The van der Waals surface area contributed by atoms with Gasteiger partial charge in [-0.3, -0.25) is 4.55 Å². The van der Waals surface area contributed by atoms with Crippen LogP contribution in [0.4, 0.5) is 0 Å². The first-order valence-corrected chi connectivity index (χ1v) is 17.0. The van der Waals surface area contributed by atoms with Crippen molar-refractivity contribution < 1.29 is 41.5 Å². The largest absolute Gasteiger partial charge is 0.482 e. The molecule has 11 heteroatoms. The van der Waals surface area contributed by atoms with E-state index in [1.807, 2.05) is 115 Å². The molecule has 0 aliphatic carbocycles. The third-order valence-electron chi connectivity index (χ3n) is 6.22. The van der Waals surface area contributed by atoms with E-state index >= 15 is 0 Å². The highest BCUT2D eigenvalue weighted by Gasteiger charge is 2.18. The van der Waals surface area contributed by atoms with E-state index in [-0.39, 0.29) is 18.1 Å². The maximum Gasteiger partial charge on any atom is 0.344 e. The molecule has 0 aromatic heterocycles. The maximum atomic E-state index is 11.9. The Morgan fingerprint density at radius 2 is 1.10 bits per heavy atom. The molecule has 0 saturated heterocycles. The molecule has 0 fully saturated rings. The summed E-state index contributed by atoms with van der Waals surface area (Å²) in [6.07, 6.45) is 0. The number of benzene rings is 4. The Bertz CT molecular complexity index is 1780. The molecule has 0 bridgehead atoms. The van der Waals surface area contributed by atoms with Crippen LogP contribution in [0.15, 0.2) is 101 Å². The minimum atomic E-state index is -4.02. The van der Waals surface area contributed by atoms with Crippen LogP contribution in [-0.4, -0.2) is 49.3 Å². The van der Waals surface area contributed by atoms with Gasteiger partial charge in [0.2, 0.25) is 0 Å². The molecular weight excluding hydrogens is 653 g/mol. The molecule has 48 heavy (non-hydrogen) atoms. The van der Waals surface area contributed by atoms with Gasteiger partial charge >= 0.3 is 11.9 Å².